The van der Waals surface area contributed by atoms with Crippen LogP contribution >= 0.6 is 11.3 Å². The van der Waals surface area contributed by atoms with Crippen molar-refractivity contribution in [1.29, 1.82) is 0 Å². The summed E-state index contributed by atoms with van der Waals surface area (Å²) in [5, 5.41) is 2.65. The number of carbonyl (C=O) groups excluding carboxylic acids is 2. The van der Waals surface area contributed by atoms with Crippen molar-refractivity contribution in [2.75, 3.05) is 0 Å². The summed E-state index contributed by atoms with van der Waals surface area (Å²) in [7, 11) is 0. The quantitative estimate of drug-likeness (QED) is 0.404. The minimum atomic E-state index is -0.395. The number of pyridine rings is 1. The van der Waals surface area contributed by atoms with Crippen LogP contribution in [-0.2, 0) is 11.2 Å². The molecular weight excluding hydrogens is 324 g/mol. The molecule has 3 aromatic rings. The molecule has 2 heterocycles. The summed E-state index contributed by atoms with van der Waals surface area (Å²) in [6.45, 7) is 1.49. The fourth-order valence-corrected chi connectivity index (χ4v) is 2.89. The van der Waals surface area contributed by atoms with E-state index in [1.54, 1.807) is 36.7 Å². The standard InChI is InChI=1S/C18H14N2O3S/c1-12(21)13-4-6-16(7-5-13)23-17(22)9-15-11-24-18(20-15)14-3-2-8-19-10-14/h2-8,10-11H,9H2,1H3. The zero-order chi connectivity index (χ0) is 16.9. The van der Waals surface area contributed by atoms with E-state index in [1.807, 2.05) is 17.5 Å². The molecule has 0 radical (unpaired) electrons. The third kappa shape index (κ3) is 3.91. The fourth-order valence-electron chi connectivity index (χ4n) is 2.08. The molecule has 0 unspecified atom stereocenters. The number of thiazole rings is 1. The SMILES string of the molecule is CC(=O)c1ccc(OC(=O)Cc2csc(-c3cccnc3)n2)cc1. The largest absolute Gasteiger partial charge is 0.426 e. The predicted octanol–water partition coefficient (Wildman–Crippen LogP) is 3.56. The minimum Gasteiger partial charge on any atom is -0.426 e. The number of carbonyl (C=O) groups is 2. The van der Waals surface area contributed by atoms with Crippen LogP contribution in [0.15, 0.2) is 54.2 Å². The van der Waals surface area contributed by atoms with Crippen LogP contribution in [0.1, 0.15) is 23.0 Å². The zero-order valence-corrected chi connectivity index (χ0v) is 13.7. The van der Waals surface area contributed by atoms with Gasteiger partial charge < -0.3 is 4.74 Å². The molecule has 0 aliphatic rings. The van der Waals surface area contributed by atoms with E-state index >= 15 is 0 Å². The van der Waals surface area contributed by atoms with Crippen molar-refractivity contribution >= 4 is 23.1 Å². The molecule has 0 fully saturated rings. The summed E-state index contributed by atoms with van der Waals surface area (Å²) in [6, 6.07) is 10.2. The third-order valence-electron chi connectivity index (χ3n) is 3.28. The van der Waals surface area contributed by atoms with Crippen LogP contribution < -0.4 is 4.74 Å². The van der Waals surface area contributed by atoms with E-state index in [-0.39, 0.29) is 12.2 Å². The first-order valence-corrected chi connectivity index (χ1v) is 8.16. The van der Waals surface area contributed by atoms with Gasteiger partial charge in [-0.15, -0.1) is 11.3 Å². The number of ketones is 1. The lowest BCUT2D eigenvalue weighted by Gasteiger charge is -2.03. The number of rotatable bonds is 5. The van der Waals surface area contributed by atoms with E-state index in [4.69, 9.17) is 4.74 Å². The molecule has 2 aromatic heterocycles. The predicted molar refractivity (Wildman–Crippen MR) is 91.1 cm³/mol. The zero-order valence-electron chi connectivity index (χ0n) is 12.9. The average molecular weight is 338 g/mol. The molecule has 0 saturated heterocycles. The van der Waals surface area contributed by atoms with Gasteiger partial charge in [-0.25, -0.2) is 4.98 Å². The maximum atomic E-state index is 12.0. The van der Waals surface area contributed by atoms with Gasteiger partial charge in [-0.1, -0.05) is 0 Å². The molecule has 0 N–H and O–H groups in total. The van der Waals surface area contributed by atoms with Gasteiger partial charge in [0.25, 0.3) is 0 Å². The van der Waals surface area contributed by atoms with Gasteiger partial charge in [0, 0.05) is 28.9 Å². The van der Waals surface area contributed by atoms with Gasteiger partial charge in [0.1, 0.15) is 10.8 Å². The Morgan fingerprint density at radius 3 is 2.62 bits per heavy atom. The number of esters is 1. The second kappa shape index (κ2) is 7.14. The van der Waals surface area contributed by atoms with Crippen LogP contribution in [0.2, 0.25) is 0 Å². The van der Waals surface area contributed by atoms with Gasteiger partial charge in [0.2, 0.25) is 0 Å². The van der Waals surface area contributed by atoms with Crippen molar-refractivity contribution in [1.82, 2.24) is 9.97 Å². The fraction of sp³-hybridized carbons (Fsp3) is 0.111. The molecule has 1 aromatic carbocycles. The number of Topliss-reactive ketones (excluding diaryl/α,β-unsaturated/α-hetero) is 1. The number of hydrogen-bond acceptors (Lipinski definition) is 6. The molecule has 0 spiro atoms. The molecule has 5 nitrogen and oxygen atoms in total. The van der Waals surface area contributed by atoms with Crippen molar-refractivity contribution in [2.45, 2.75) is 13.3 Å². The van der Waals surface area contributed by atoms with Gasteiger partial charge in [-0.05, 0) is 43.3 Å². The highest BCUT2D eigenvalue weighted by molar-refractivity contribution is 7.13. The molecule has 0 atom stereocenters. The van der Waals surface area contributed by atoms with E-state index in [0.29, 0.717) is 17.0 Å². The Labute approximate surface area is 143 Å². The van der Waals surface area contributed by atoms with Gasteiger partial charge >= 0.3 is 5.97 Å². The minimum absolute atomic E-state index is 0.0294. The molecule has 24 heavy (non-hydrogen) atoms. The van der Waals surface area contributed by atoms with Crippen molar-refractivity contribution in [3.63, 3.8) is 0 Å². The first-order chi connectivity index (χ1) is 11.6. The van der Waals surface area contributed by atoms with Crippen LogP contribution in [0.5, 0.6) is 5.75 Å². The highest BCUT2D eigenvalue weighted by Crippen LogP contribution is 2.23. The van der Waals surface area contributed by atoms with E-state index in [0.717, 1.165) is 10.6 Å². The smallest absolute Gasteiger partial charge is 0.317 e. The summed E-state index contributed by atoms with van der Waals surface area (Å²) in [6.07, 6.45) is 3.52. The Bertz CT molecular complexity index is 857. The van der Waals surface area contributed by atoms with Crippen molar-refractivity contribution in [2.24, 2.45) is 0 Å². The number of nitrogens with zero attached hydrogens (tertiary/aromatic N) is 2. The third-order valence-corrected chi connectivity index (χ3v) is 4.22. The van der Waals surface area contributed by atoms with Gasteiger partial charge in [-0.2, -0.15) is 0 Å². The van der Waals surface area contributed by atoms with E-state index < -0.39 is 5.97 Å². The van der Waals surface area contributed by atoms with E-state index in [9.17, 15) is 9.59 Å². The Kier molecular flexibility index (Phi) is 4.77. The molecule has 0 aliphatic heterocycles. The van der Waals surface area contributed by atoms with Gasteiger partial charge in [-0.3, -0.25) is 14.6 Å². The number of ether oxygens (including phenoxy) is 1. The monoisotopic (exact) mass is 338 g/mol. The summed E-state index contributed by atoms with van der Waals surface area (Å²) in [4.78, 5) is 31.7. The molecule has 0 saturated carbocycles. The van der Waals surface area contributed by atoms with E-state index in [2.05, 4.69) is 9.97 Å². The lowest BCUT2D eigenvalue weighted by molar-refractivity contribution is -0.133. The highest BCUT2D eigenvalue weighted by Gasteiger charge is 2.11. The second-order valence-corrected chi connectivity index (χ2v) is 5.98. The Balaban J connectivity index is 1.63. The molecule has 0 bridgehead atoms. The molecule has 0 amide bonds. The maximum Gasteiger partial charge on any atom is 0.317 e. The Hall–Kier alpha value is -2.86. The molecule has 6 heteroatoms. The number of benzene rings is 1. The topological polar surface area (TPSA) is 69.2 Å². The Morgan fingerprint density at radius 1 is 1.17 bits per heavy atom. The number of aromatic nitrogens is 2. The molecule has 3 rings (SSSR count). The van der Waals surface area contributed by atoms with Crippen molar-refractivity contribution in [3.05, 3.63) is 65.4 Å². The normalized spacial score (nSPS) is 10.4. The molecule has 0 aliphatic carbocycles. The van der Waals surface area contributed by atoms with Gasteiger partial charge in [0.05, 0.1) is 12.1 Å². The molecule has 120 valence electrons. The van der Waals surface area contributed by atoms with Crippen LogP contribution in [0.25, 0.3) is 10.6 Å². The summed E-state index contributed by atoms with van der Waals surface area (Å²) in [5.74, 6) is -0.0143. The van der Waals surface area contributed by atoms with Gasteiger partial charge in [0.15, 0.2) is 5.78 Å². The summed E-state index contributed by atoms with van der Waals surface area (Å²) < 4.78 is 5.27. The van der Waals surface area contributed by atoms with Crippen LogP contribution in [0, 0.1) is 0 Å². The Morgan fingerprint density at radius 2 is 1.96 bits per heavy atom. The van der Waals surface area contributed by atoms with Crippen LogP contribution in [0.4, 0.5) is 0 Å². The first-order valence-electron chi connectivity index (χ1n) is 7.28. The van der Waals surface area contributed by atoms with Crippen LogP contribution in [0.3, 0.4) is 0 Å². The lowest BCUT2D eigenvalue weighted by atomic mass is 10.1. The highest BCUT2D eigenvalue weighted by atomic mass is 32.1. The molecular formula is C18H14N2O3S. The average Bonchev–Trinajstić information content (AvgIpc) is 3.04. The number of hydrogen-bond donors (Lipinski definition) is 0. The van der Waals surface area contributed by atoms with Crippen molar-refractivity contribution in [3.8, 4) is 16.3 Å². The second-order valence-electron chi connectivity index (χ2n) is 5.12. The summed E-state index contributed by atoms with van der Waals surface area (Å²) in [5.41, 5.74) is 2.15. The lowest BCUT2D eigenvalue weighted by Crippen LogP contribution is -2.11. The summed E-state index contributed by atoms with van der Waals surface area (Å²) >= 11 is 1.46. The van der Waals surface area contributed by atoms with E-state index in [1.165, 1.54) is 18.3 Å². The van der Waals surface area contributed by atoms with Crippen LogP contribution in [-0.4, -0.2) is 21.7 Å². The van der Waals surface area contributed by atoms with Crippen molar-refractivity contribution < 1.29 is 14.3 Å². The maximum absolute atomic E-state index is 12.0. The first kappa shape index (κ1) is 16.0.